The number of carbonyl (C=O) groups excluding carboxylic acids is 2. The lowest BCUT2D eigenvalue weighted by atomic mass is 10.1. The van der Waals surface area contributed by atoms with E-state index in [1.54, 1.807) is 0 Å². The number of benzene rings is 1. The van der Waals surface area contributed by atoms with E-state index < -0.39 is 0 Å². The highest BCUT2D eigenvalue weighted by atomic mass is 16.2. The lowest BCUT2D eigenvalue weighted by Crippen LogP contribution is -2.39. The summed E-state index contributed by atoms with van der Waals surface area (Å²) in [4.78, 5) is 25.3. The number of hydrogen-bond donors (Lipinski definition) is 3. The summed E-state index contributed by atoms with van der Waals surface area (Å²) in [6.45, 7) is 4.88. The molecule has 0 fully saturated rings. The van der Waals surface area contributed by atoms with E-state index in [0.29, 0.717) is 19.5 Å². The van der Waals surface area contributed by atoms with Gasteiger partial charge in [0.1, 0.15) is 0 Å². The fraction of sp³-hybridized carbons (Fsp3) is 0.556. The zero-order chi connectivity index (χ0) is 17.9. The SMILES string of the molecule is CCC(C)NC(=O)CCNC(=O)NCCc1ccc(N(C)C)cc1. The van der Waals surface area contributed by atoms with Crippen LogP contribution in [0.3, 0.4) is 0 Å². The first kappa shape index (κ1) is 19.8. The maximum Gasteiger partial charge on any atom is 0.314 e. The van der Waals surface area contributed by atoms with Crippen molar-refractivity contribution in [3.63, 3.8) is 0 Å². The first-order valence-corrected chi connectivity index (χ1v) is 8.49. The fourth-order valence-electron chi connectivity index (χ4n) is 2.08. The van der Waals surface area contributed by atoms with E-state index >= 15 is 0 Å². The molecule has 0 radical (unpaired) electrons. The second kappa shape index (κ2) is 10.5. The molecular formula is C18H30N4O2. The van der Waals surface area contributed by atoms with Crippen molar-refractivity contribution in [1.29, 1.82) is 0 Å². The Labute approximate surface area is 145 Å². The molecule has 3 N–H and O–H groups in total. The molecule has 6 nitrogen and oxygen atoms in total. The Bertz CT molecular complexity index is 514. The van der Waals surface area contributed by atoms with Crippen LogP contribution >= 0.6 is 0 Å². The molecule has 0 aliphatic heterocycles. The second-order valence-electron chi connectivity index (χ2n) is 6.12. The molecule has 1 aromatic carbocycles. The number of nitrogens with one attached hydrogen (secondary N) is 3. The highest BCUT2D eigenvalue weighted by Gasteiger charge is 2.06. The van der Waals surface area contributed by atoms with Crippen LogP contribution in [-0.4, -0.2) is 45.2 Å². The van der Waals surface area contributed by atoms with E-state index in [2.05, 4.69) is 40.2 Å². The van der Waals surface area contributed by atoms with Gasteiger partial charge in [-0.25, -0.2) is 4.79 Å². The van der Waals surface area contributed by atoms with E-state index in [9.17, 15) is 9.59 Å². The summed E-state index contributed by atoms with van der Waals surface area (Å²) in [5.41, 5.74) is 2.33. The number of nitrogens with zero attached hydrogens (tertiary/aromatic N) is 1. The third kappa shape index (κ3) is 7.85. The highest BCUT2D eigenvalue weighted by Crippen LogP contribution is 2.12. The van der Waals surface area contributed by atoms with Gasteiger partial charge in [0.05, 0.1) is 0 Å². The normalized spacial score (nSPS) is 11.5. The van der Waals surface area contributed by atoms with Gasteiger partial charge in [-0.05, 0) is 37.5 Å². The van der Waals surface area contributed by atoms with Crippen molar-refractivity contribution in [1.82, 2.24) is 16.0 Å². The minimum absolute atomic E-state index is 0.0365. The van der Waals surface area contributed by atoms with Crippen LogP contribution in [0.4, 0.5) is 10.5 Å². The van der Waals surface area contributed by atoms with Crippen LogP contribution in [0.25, 0.3) is 0 Å². The van der Waals surface area contributed by atoms with E-state index in [0.717, 1.165) is 18.5 Å². The van der Waals surface area contributed by atoms with Crippen LogP contribution in [0.5, 0.6) is 0 Å². The van der Waals surface area contributed by atoms with Gasteiger partial charge in [-0.15, -0.1) is 0 Å². The van der Waals surface area contributed by atoms with Gasteiger partial charge in [0.25, 0.3) is 0 Å². The van der Waals surface area contributed by atoms with Crippen molar-refractivity contribution in [2.45, 2.75) is 39.2 Å². The summed E-state index contributed by atoms with van der Waals surface area (Å²) in [5.74, 6) is -0.0365. The van der Waals surface area contributed by atoms with Crippen LogP contribution in [0.15, 0.2) is 24.3 Å². The van der Waals surface area contributed by atoms with Crippen LogP contribution < -0.4 is 20.9 Å². The standard InChI is InChI=1S/C18H30N4O2/c1-5-14(2)21-17(23)11-13-20-18(24)19-12-10-15-6-8-16(9-7-15)22(3)4/h6-9,14H,5,10-13H2,1-4H3,(H,21,23)(H2,19,20,24). The highest BCUT2D eigenvalue weighted by molar-refractivity contribution is 5.78. The van der Waals surface area contributed by atoms with Crippen molar-refractivity contribution in [2.75, 3.05) is 32.1 Å². The maximum atomic E-state index is 11.7. The number of urea groups is 1. The van der Waals surface area contributed by atoms with Crippen molar-refractivity contribution in [3.8, 4) is 0 Å². The summed E-state index contributed by atoms with van der Waals surface area (Å²) in [7, 11) is 4.01. The van der Waals surface area contributed by atoms with Gasteiger partial charge in [-0.1, -0.05) is 19.1 Å². The number of carbonyl (C=O) groups is 2. The maximum absolute atomic E-state index is 11.7. The van der Waals surface area contributed by atoms with Crippen LogP contribution in [0, 0.1) is 0 Å². The zero-order valence-corrected chi connectivity index (χ0v) is 15.2. The fourth-order valence-corrected chi connectivity index (χ4v) is 2.08. The molecule has 0 aromatic heterocycles. The molecule has 1 rings (SSSR count). The summed E-state index contributed by atoms with van der Waals surface area (Å²) < 4.78 is 0. The Kier molecular flexibility index (Phi) is 8.68. The average molecular weight is 334 g/mol. The average Bonchev–Trinajstić information content (AvgIpc) is 2.55. The molecule has 0 bridgehead atoms. The van der Waals surface area contributed by atoms with Gasteiger partial charge in [0, 0.05) is 45.3 Å². The molecule has 0 heterocycles. The van der Waals surface area contributed by atoms with Crippen molar-refractivity contribution >= 4 is 17.6 Å². The largest absolute Gasteiger partial charge is 0.378 e. The minimum Gasteiger partial charge on any atom is -0.378 e. The molecule has 1 aromatic rings. The van der Waals surface area contributed by atoms with Gasteiger partial charge in [-0.2, -0.15) is 0 Å². The van der Waals surface area contributed by atoms with E-state index in [-0.39, 0.29) is 18.0 Å². The molecule has 1 unspecified atom stereocenters. The summed E-state index contributed by atoms with van der Waals surface area (Å²) in [5, 5.41) is 8.37. The van der Waals surface area contributed by atoms with Gasteiger partial charge in [0.15, 0.2) is 0 Å². The third-order valence-electron chi connectivity index (χ3n) is 3.81. The molecule has 0 aliphatic rings. The van der Waals surface area contributed by atoms with Gasteiger partial charge in [-0.3, -0.25) is 4.79 Å². The van der Waals surface area contributed by atoms with Crippen molar-refractivity contribution < 1.29 is 9.59 Å². The topological polar surface area (TPSA) is 73.5 Å². The first-order valence-electron chi connectivity index (χ1n) is 8.49. The predicted molar refractivity (Wildman–Crippen MR) is 98.4 cm³/mol. The minimum atomic E-state index is -0.240. The lowest BCUT2D eigenvalue weighted by Gasteiger charge is -2.13. The molecular weight excluding hydrogens is 304 g/mol. The smallest absolute Gasteiger partial charge is 0.314 e. The molecule has 3 amide bonds. The Morgan fingerprint density at radius 3 is 2.29 bits per heavy atom. The number of amides is 3. The van der Waals surface area contributed by atoms with E-state index in [1.165, 1.54) is 5.56 Å². The quantitative estimate of drug-likeness (QED) is 0.646. The van der Waals surface area contributed by atoms with Crippen LogP contribution in [0.1, 0.15) is 32.3 Å². The summed E-state index contributed by atoms with van der Waals surface area (Å²) in [6.07, 6.45) is 1.97. The van der Waals surface area contributed by atoms with Gasteiger partial charge < -0.3 is 20.9 Å². The second-order valence-corrected chi connectivity index (χ2v) is 6.12. The van der Waals surface area contributed by atoms with Crippen LogP contribution in [0.2, 0.25) is 0 Å². The predicted octanol–water partition coefficient (Wildman–Crippen LogP) is 1.90. The first-order chi connectivity index (χ1) is 11.4. The summed E-state index contributed by atoms with van der Waals surface area (Å²) >= 11 is 0. The van der Waals surface area contributed by atoms with E-state index in [4.69, 9.17) is 0 Å². The lowest BCUT2D eigenvalue weighted by molar-refractivity contribution is -0.121. The molecule has 6 heteroatoms. The molecule has 0 saturated carbocycles. The monoisotopic (exact) mass is 334 g/mol. The number of anilines is 1. The Balaban J connectivity index is 2.16. The molecule has 0 aliphatic carbocycles. The number of rotatable bonds is 9. The zero-order valence-electron chi connectivity index (χ0n) is 15.2. The molecule has 134 valence electrons. The van der Waals surface area contributed by atoms with Crippen LogP contribution in [-0.2, 0) is 11.2 Å². The van der Waals surface area contributed by atoms with E-state index in [1.807, 2.05) is 32.8 Å². The number of hydrogen-bond acceptors (Lipinski definition) is 3. The molecule has 1 atom stereocenters. The molecule has 24 heavy (non-hydrogen) atoms. The molecule has 0 spiro atoms. The summed E-state index contributed by atoms with van der Waals surface area (Å²) in [6, 6.07) is 8.18. The van der Waals surface area contributed by atoms with Crippen molar-refractivity contribution in [3.05, 3.63) is 29.8 Å². The third-order valence-corrected chi connectivity index (χ3v) is 3.81. The Morgan fingerprint density at radius 1 is 1.08 bits per heavy atom. The molecule has 0 saturated heterocycles. The van der Waals surface area contributed by atoms with Gasteiger partial charge >= 0.3 is 6.03 Å². The Morgan fingerprint density at radius 2 is 1.71 bits per heavy atom. The Hall–Kier alpha value is -2.24. The van der Waals surface area contributed by atoms with Gasteiger partial charge in [0.2, 0.25) is 5.91 Å². The van der Waals surface area contributed by atoms with Crippen molar-refractivity contribution in [2.24, 2.45) is 0 Å².